The van der Waals surface area contributed by atoms with Crippen LogP contribution in [0.15, 0.2) is 18.2 Å². The SMILES string of the molecule is Cc1cc(N)ccc1NN(C)C. The summed E-state index contributed by atoms with van der Waals surface area (Å²) in [6.45, 7) is 2.03. The molecular weight excluding hydrogens is 150 g/mol. The maximum atomic E-state index is 5.62. The Morgan fingerprint density at radius 1 is 1.33 bits per heavy atom. The third-order valence-electron chi connectivity index (χ3n) is 1.59. The van der Waals surface area contributed by atoms with Gasteiger partial charge in [-0.3, -0.25) is 0 Å². The number of hydrazine groups is 1. The first-order valence-corrected chi connectivity index (χ1v) is 3.89. The Kier molecular flexibility index (Phi) is 2.55. The van der Waals surface area contributed by atoms with Crippen molar-refractivity contribution in [1.82, 2.24) is 5.01 Å². The molecule has 0 atom stereocenters. The van der Waals surface area contributed by atoms with E-state index in [1.54, 1.807) is 0 Å². The Morgan fingerprint density at radius 3 is 2.50 bits per heavy atom. The van der Waals surface area contributed by atoms with E-state index in [0.29, 0.717) is 0 Å². The van der Waals surface area contributed by atoms with Crippen molar-refractivity contribution in [2.45, 2.75) is 6.92 Å². The average Bonchev–Trinajstić information content (AvgIpc) is 1.94. The normalized spacial score (nSPS) is 10.3. The molecule has 0 aliphatic heterocycles. The van der Waals surface area contributed by atoms with Gasteiger partial charge in [0, 0.05) is 19.8 Å². The minimum Gasteiger partial charge on any atom is -0.399 e. The monoisotopic (exact) mass is 165 g/mol. The van der Waals surface area contributed by atoms with Crippen LogP contribution in [-0.2, 0) is 0 Å². The summed E-state index contributed by atoms with van der Waals surface area (Å²) >= 11 is 0. The molecule has 3 N–H and O–H groups in total. The topological polar surface area (TPSA) is 41.3 Å². The van der Waals surface area contributed by atoms with E-state index in [1.165, 1.54) is 0 Å². The molecule has 0 spiro atoms. The molecule has 3 nitrogen and oxygen atoms in total. The van der Waals surface area contributed by atoms with Crippen molar-refractivity contribution in [3.05, 3.63) is 23.8 Å². The number of anilines is 2. The van der Waals surface area contributed by atoms with Crippen molar-refractivity contribution in [2.75, 3.05) is 25.3 Å². The van der Waals surface area contributed by atoms with Crippen LogP contribution in [-0.4, -0.2) is 19.1 Å². The Hall–Kier alpha value is -1.22. The van der Waals surface area contributed by atoms with Gasteiger partial charge in [0.1, 0.15) is 0 Å². The summed E-state index contributed by atoms with van der Waals surface area (Å²) in [4.78, 5) is 0. The first-order valence-electron chi connectivity index (χ1n) is 3.89. The lowest BCUT2D eigenvalue weighted by Gasteiger charge is -2.15. The molecule has 0 heterocycles. The van der Waals surface area contributed by atoms with Gasteiger partial charge in [0.25, 0.3) is 0 Å². The Labute approximate surface area is 73.1 Å². The van der Waals surface area contributed by atoms with Crippen molar-refractivity contribution < 1.29 is 0 Å². The number of aryl methyl sites for hydroxylation is 1. The van der Waals surface area contributed by atoms with E-state index in [-0.39, 0.29) is 0 Å². The number of hydrogen-bond acceptors (Lipinski definition) is 3. The van der Waals surface area contributed by atoms with Crippen molar-refractivity contribution in [2.24, 2.45) is 0 Å². The number of benzene rings is 1. The van der Waals surface area contributed by atoms with E-state index < -0.39 is 0 Å². The lowest BCUT2D eigenvalue weighted by Crippen LogP contribution is -2.20. The summed E-state index contributed by atoms with van der Waals surface area (Å²) in [5.41, 5.74) is 11.8. The maximum Gasteiger partial charge on any atom is 0.0520 e. The maximum absolute atomic E-state index is 5.62. The fourth-order valence-corrected chi connectivity index (χ4v) is 1.05. The van der Waals surface area contributed by atoms with Gasteiger partial charge in [-0.15, -0.1) is 0 Å². The van der Waals surface area contributed by atoms with Crippen LogP contribution < -0.4 is 11.2 Å². The highest BCUT2D eigenvalue weighted by Crippen LogP contribution is 2.17. The van der Waals surface area contributed by atoms with Gasteiger partial charge in [-0.1, -0.05) is 0 Å². The second-order valence-electron chi connectivity index (χ2n) is 3.08. The number of nitrogens with zero attached hydrogens (tertiary/aromatic N) is 1. The molecule has 0 amide bonds. The van der Waals surface area contributed by atoms with Crippen molar-refractivity contribution in [1.29, 1.82) is 0 Å². The number of rotatable bonds is 2. The highest BCUT2D eigenvalue weighted by atomic mass is 15.5. The summed E-state index contributed by atoms with van der Waals surface area (Å²) in [5, 5.41) is 1.90. The van der Waals surface area contributed by atoms with Gasteiger partial charge in [-0.25, -0.2) is 5.01 Å². The first kappa shape index (κ1) is 8.87. The highest BCUT2D eigenvalue weighted by Gasteiger charge is 1.97. The first-order chi connectivity index (χ1) is 5.59. The van der Waals surface area contributed by atoms with E-state index in [4.69, 9.17) is 5.73 Å². The van der Waals surface area contributed by atoms with E-state index in [1.807, 2.05) is 44.2 Å². The van der Waals surface area contributed by atoms with Gasteiger partial charge >= 0.3 is 0 Å². The average molecular weight is 165 g/mol. The number of nitrogen functional groups attached to an aromatic ring is 1. The summed E-state index contributed by atoms with van der Waals surface area (Å²) < 4.78 is 0. The molecule has 1 rings (SSSR count). The van der Waals surface area contributed by atoms with Gasteiger partial charge in [0.15, 0.2) is 0 Å². The molecule has 0 unspecified atom stereocenters. The van der Waals surface area contributed by atoms with Crippen LogP contribution in [0.1, 0.15) is 5.56 Å². The molecule has 0 saturated carbocycles. The minimum absolute atomic E-state index is 0.803. The second kappa shape index (κ2) is 3.45. The Balaban J connectivity index is 2.86. The fourth-order valence-electron chi connectivity index (χ4n) is 1.05. The minimum atomic E-state index is 0.803. The molecule has 0 radical (unpaired) electrons. The van der Waals surface area contributed by atoms with Gasteiger partial charge in [-0.2, -0.15) is 0 Å². The summed E-state index contributed by atoms with van der Waals surface area (Å²) in [6.07, 6.45) is 0. The Bertz CT molecular complexity index is 268. The van der Waals surface area contributed by atoms with E-state index in [2.05, 4.69) is 5.43 Å². The van der Waals surface area contributed by atoms with Crippen LogP contribution in [0.5, 0.6) is 0 Å². The molecule has 0 aliphatic carbocycles. The molecule has 3 heteroatoms. The van der Waals surface area contributed by atoms with Gasteiger partial charge in [-0.05, 0) is 30.7 Å². The molecule has 1 aromatic carbocycles. The standard InChI is InChI=1S/C9H15N3/c1-7-6-8(10)4-5-9(7)11-12(2)3/h4-6,11H,10H2,1-3H3. The predicted octanol–water partition coefficient (Wildman–Crippen LogP) is 1.47. The third kappa shape index (κ3) is 2.13. The van der Waals surface area contributed by atoms with Crippen LogP contribution in [0.4, 0.5) is 11.4 Å². The molecule has 12 heavy (non-hydrogen) atoms. The zero-order valence-corrected chi connectivity index (χ0v) is 7.76. The van der Waals surface area contributed by atoms with Gasteiger partial charge in [0.05, 0.1) is 5.69 Å². The van der Waals surface area contributed by atoms with Crippen LogP contribution in [0.3, 0.4) is 0 Å². The van der Waals surface area contributed by atoms with Crippen molar-refractivity contribution in [3.63, 3.8) is 0 Å². The Morgan fingerprint density at radius 2 is 2.00 bits per heavy atom. The van der Waals surface area contributed by atoms with Gasteiger partial charge < -0.3 is 11.2 Å². The van der Waals surface area contributed by atoms with Crippen LogP contribution in [0.2, 0.25) is 0 Å². The zero-order valence-electron chi connectivity index (χ0n) is 7.76. The number of nitrogens with two attached hydrogens (primary N) is 1. The molecule has 1 aromatic rings. The summed E-state index contributed by atoms with van der Waals surface area (Å²) in [6, 6.07) is 5.81. The number of nitrogens with one attached hydrogen (secondary N) is 1. The molecule has 0 aliphatic rings. The fraction of sp³-hybridized carbons (Fsp3) is 0.333. The molecule has 0 saturated heterocycles. The largest absolute Gasteiger partial charge is 0.399 e. The quantitative estimate of drug-likeness (QED) is 0.515. The number of hydrogen-bond donors (Lipinski definition) is 2. The molecule has 66 valence electrons. The summed E-state index contributed by atoms with van der Waals surface area (Å²) in [5.74, 6) is 0. The smallest absolute Gasteiger partial charge is 0.0520 e. The van der Waals surface area contributed by atoms with Crippen LogP contribution in [0, 0.1) is 6.92 Å². The summed E-state index contributed by atoms with van der Waals surface area (Å²) in [7, 11) is 3.91. The molecule has 0 fully saturated rings. The van der Waals surface area contributed by atoms with Crippen molar-refractivity contribution in [3.8, 4) is 0 Å². The lowest BCUT2D eigenvalue weighted by atomic mass is 10.2. The molecule has 0 aromatic heterocycles. The lowest BCUT2D eigenvalue weighted by molar-refractivity contribution is 0.495. The van der Waals surface area contributed by atoms with E-state index in [0.717, 1.165) is 16.9 Å². The zero-order chi connectivity index (χ0) is 9.14. The van der Waals surface area contributed by atoms with Crippen LogP contribution in [0.25, 0.3) is 0 Å². The predicted molar refractivity (Wildman–Crippen MR) is 52.9 cm³/mol. The molecular formula is C9H15N3. The van der Waals surface area contributed by atoms with E-state index >= 15 is 0 Å². The van der Waals surface area contributed by atoms with Crippen molar-refractivity contribution >= 4 is 11.4 Å². The van der Waals surface area contributed by atoms with E-state index in [9.17, 15) is 0 Å². The second-order valence-corrected chi connectivity index (χ2v) is 3.08. The molecule has 0 bridgehead atoms. The van der Waals surface area contributed by atoms with Gasteiger partial charge in [0.2, 0.25) is 0 Å². The van der Waals surface area contributed by atoms with Crippen LogP contribution >= 0.6 is 0 Å². The highest BCUT2D eigenvalue weighted by molar-refractivity contribution is 5.56. The third-order valence-corrected chi connectivity index (χ3v) is 1.59.